The third-order valence-electron chi connectivity index (χ3n) is 4.95. The average molecular weight is 413 g/mol. The maximum Gasteiger partial charge on any atom is 0.237 e. The fourth-order valence-electron chi connectivity index (χ4n) is 3.37. The zero-order valence-corrected chi connectivity index (χ0v) is 17.3. The number of aryl methyl sites for hydroxylation is 2. The Labute approximate surface area is 173 Å². The van der Waals surface area contributed by atoms with Crippen molar-refractivity contribution in [2.75, 3.05) is 5.32 Å². The first-order chi connectivity index (χ1) is 13.5. The van der Waals surface area contributed by atoms with E-state index in [0.717, 1.165) is 29.9 Å². The summed E-state index contributed by atoms with van der Waals surface area (Å²) in [6.45, 7) is 1.88. The van der Waals surface area contributed by atoms with Crippen LogP contribution in [0.15, 0.2) is 47.6 Å². The van der Waals surface area contributed by atoms with Crippen molar-refractivity contribution in [2.24, 2.45) is 7.05 Å². The Kier molecular flexibility index (Phi) is 5.42. The number of nitrogens with one attached hydrogen (secondary N) is 1. The monoisotopic (exact) mass is 412 g/mol. The Morgan fingerprint density at radius 1 is 1.14 bits per heavy atom. The number of hydrogen-bond acceptors (Lipinski definition) is 4. The van der Waals surface area contributed by atoms with Crippen LogP contribution in [0.25, 0.3) is 11.4 Å². The highest BCUT2D eigenvalue weighted by Crippen LogP contribution is 2.28. The smallest absolute Gasteiger partial charge is 0.237 e. The van der Waals surface area contributed by atoms with E-state index in [-0.39, 0.29) is 11.2 Å². The summed E-state index contributed by atoms with van der Waals surface area (Å²) in [4.78, 5) is 12.6. The van der Waals surface area contributed by atoms with E-state index in [1.807, 2.05) is 48.9 Å². The number of rotatable bonds is 5. The van der Waals surface area contributed by atoms with Crippen LogP contribution in [0.5, 0.6) is 0 Å². The van der Waals surface area contributed by atoms with Crippen LogP contribution in [0, 0.1) is 0 Å². The fraction of sp³-hybridized carbons (Fsp3) is 0.286. The molecule has 0 spiro atoms. The molecule has 0 radical (unpaired) electrons. The lowest BCUT2D eigenvalue weighted by atomic mass is 10.1. The van der Waals surface area contributed by atoms with Crippen LogP contribution in [0.2, 0.25) is 5.02 Å². The summed E-state index contributed by atoms with van der Waals surface area (Å²) in [5.41, 5.74) is 4.53. The summed E-state index contributed by atoms with van der Waals surface area (Å²) in [7, 11) is 1.90. The van der Waals surface area contributed by atoms with Crippen LogP contribution in [-0.2, 0) is 24.7 Å². The van der Waals surface area contributed by atoms with Crippen molar-refractivity contribution in [1.29, 1.82) is 0 Å². The van der Waals surface area contributed by atoms with Crippen LogP contribution in [0.3, 0.4) is 0 Å². The highest BCUT2D eigenvalue weighted by atomic mass is 35.5. The second-order valence-corrected chi connectivity index (χ2v) is 8.70. The van der Waals surface area contributed by atoms with Gasteiger partial charge in [-0.2, -0.15) is 0 Å². The normalized spacial score (nSPS) is 14.0. The summed E-state index contributed by atoms with van der Waals surface area (Å²) in [6.07, 6.45) is 3.43. The number of anilines is 1. The molecule has 144 valence electrons. The molecular weight excluding hydrogens is 392 g/mol. The van der Waals surface area contributed by atoms with E-state index < -0.39 is 0 Å². The molecule has 1 aliphatic rings. The quantitative estimate of drug-likeness (QED) is 0.614. The van der Waals surface area contributed by atoms with E-state index in [4.69, 9.17) is 11.6 Å². The number of amides is 1. The van der Waals surface area contributed by atoms with Gasteiger partial charge < -0.3 is 9.88 Å². The van der Waals surface area contributed by atoms with E-state index in [0.29, 0.717) is 10.2 Å². The molecule has 1 amide bonds. The van der Waals surface area contributed by atoms with Gasteiger partial charge in [-0.05, 0) is 73.7 Å². The minimum atomic E-state index is -0.297. The molecule has 0 aliphatic heterocycles. The molecule has 2 aromatic carbocycles. The highest BCUT2D eigenvalue weighted by Gasteiger charge is 2.20. The second-order valence-electron chi connectivity index (χ2n) is 6.96. The molecule has 1 aliphatic carbocycles. The number of carbonyl (C=O) groups excluding carboxylic acids is 1. The van der Waals surface area contributed by atoms with Crippen molar-refractivity contribution in [1.82, 2.24) is 14.8 Å². The SMILES string of the molecule is C[C@H](Sc1nnc(-c2ccc(Cl)cc2)n1C)C(=O)Nc1ccc2c(c1)CCC2. The number of thioether (sulfide) groups is 1. The maximum absolute atomic E-state index is 12.6. The zero-order chi connectivity index (χ0) is 19.7. The number of carbonyl (C=O) groups is 1. The third-order valence-corrected chi connectivity index (χ3v) is 6.34. The lowest BCUT2D eigenvalue weighted by Gasteiger charge is -2.12. The molecular formula is C21H21ClN4OS. The highest BCUT2D eigenvalue weighted by molar-refractivity contribution is 8.00. The first-order valence-corrected chi connectivity index (χ1v) is 10.5. The van der Waals surface area contributed by atoms with Crippen LogP contribution in [0.4, 0.5) is 5.69 Å². The molecule has 3 aromatic rings. The van der Waals surface area contributed by atoms with Crippen LogP contribution >= 0.6 is 23.4 Å². The van der Waals surface area contributed by atoms with Gasteiger partial charge in [0.25, 0.3) is 0 Å². The zero-order valence-electron chi connectivity index (χ0n) is 15.8. The standard InChI is InChI=1S/C21H21ClN4OS/c1-13(20(27)23-18-11-8-14-4-3-5-16(14)12-18)28-21-25-24-19(26(21)2)15-6-9-17(22)10-7-15/h6-13H,3-5H2,1-2H3,(H,23,27)/t13-/m0/s1. The van der Waals surface area contributed by atoms with Gasteiger partial charge in [-0.3, -0.25) is 4.79 Å². The topological polar surface area (TPSA) is 59.8 Å². The van der Waals surface area contributed by atoms with E-state index in [9.17, 15) is 4.79 Å². The third kappa shape index (κ3) is 3.93. The van der Waals surface area contributed by atoms with Crippen molar-refractivity contribution in [3.05, 3.63) is 58.6 Å². The summed E-state index contributed by atoms with van der Waals surface area (Å²) in [5, 5.41) is 12.6. The van der Waals surface area contributed by atoms with Crippen LogP contribution in [-0.4, -0.2) is 25.9 Å². The molecule has 0 saturated carbocycles. The van der Waals surface area contributed by atoms with Crippen molar-refractivity contribution < 1.29 is 4.79 Å². The van der Waals surface area contributed by atoms with Gasteiger partial charge in [0.1, 0.15) is 0 Å². The van der Waals surface area contributed by atoms with E-state index >= 15 is 0 Å². The molecule has 0 saturated heterocycles. The summed E-state index contributed by atoms with van der Waals surface area (Å²) in [6, 6.07) is 13.7. The Hall–Kier alpha value is -2.31. The van der Waals surface area contributed by atoms with Crippen LogP contribution < -0.4 is 5.32 Å². The Bertz CT molecular complexity index is 1020. The van der Waals surface area contributed by atoms with Gasteiger partial charge >= 0.3 is 0 Å². The largest absolute Gasteiger partial charge is 0.325 e. The average Bonchev–Trinajstić information content (AvgIpc) is 3.29. The number of halogens is 1. The second kappa shape index (κ2) is 7.97. The molecule has 28 heavy (non-hydrogen) atoms. The van der Waals surface area contributed by atoms with Crippen molar-refractivity contribution >= 4 is 35.0 Å². The van der Waals surface area contributed by atoms with Crippen molar-refractivity contribution in [2.45, 2.75) is 36.6 Å². The van der Waals surface area contributed by atoms with Gasteiger partial charge in [0, 0.05) is 23.3 Å². The Balaban J connectivity index is 1.44. The predicted molar refractivity (Wildman–Crippen MR) is 114 cm³/mol. The Morgan fingerprint density at radius 2 is 1.89 bits per heavy atom. The van der Waals surface area contributed by atoms with Gasteiger partial charge in [-0.15, -0.1) is 10.2 Å². The van der Waals surface area contributed by atoms with Gasteiger partial charge in [0.2, 0.25) is 5.91 Å². The molecule has 0 bridgehead atoms. The van der Waals surface area contributed by atoms with Gasteiger partial charge in [0.15, 0.2) is 11.0 Å². The molecule has 5 nitrogen and oxygen atoms in total. The number of nitrogens with zero attached hydrogens (tertiary/aromatic N) is 3. The molecule has 1 heterocycles. The number of fused-ring (bicyclic) bond motifs is 1. The Morgan fingerprint density at radius 3 is 2.68 bits per heavy atom. The fourth-order valence-corrected chi connectivity index (χ4v) is 4.31. The molecule has 7 heteroatoms. The van der Waals surface area contributed by atoms with Gasteiger partial charge in [0.05, 0.1) is 5.25 Å². The predicted octanol–water partition coefficient (Wildman–Crippen LogP) is 4.74. The van der Waals surface area contributed by atoms with Crippen molar-refractivity contribution in [3.8, 4) is 11.4 Å². The minimum Gasteiger partial charge on any atom is -0.325 e. The van der Waals surface area contributed by atoms with E-state index in [1.165, 1.54) is 29.3 Å². The van der Waals surface area contributed by atoms with E-state index in [1.54, 1.807) is 0 Å². The molecule has 0 unspecified atom stereocenters. The number of hydrogen-bond donors (Lipinski definition) is 1. The summed E-state index contributed by atoms with van der Waals surface area (Å²) >= 11 is 7.35. The van der Waals surface area contributed by atoms with Gasteiger partial charge in [-0.1, -0.05) is 29.4 Å². The molecule has 1 N–H and O–H groups in total. The number of aromatic nitrogens is 3. The first kappa shape index (κ1) is 19.0. The molecule has 1 atom stereocenters. The molecule has 0 fully saturated rings. The molecule has 4 rings (SSSR count). The first-order valence-electron chi connectivity index (χ1n) is 9.26. The molecule has 1 aromatic heterocycles. The van der Waals surface area contributed by atoms with Crippen molar-refractivity contribution in [3.63, 3.8) is 0 Å². The lowest BCUT2D eigenvalue weighted by Crippen LogP contribution is -2.23. The maximum atomic E-state index is 12.6. The van der Waals surface area contributed by atoms with E-state index in [2.05, 4.69) is 27.6 Å². The van der Waals surface area contributed by atoms with Gasteiger partial charge in [-0.25, -0.2) is 0 Å². The lowest BCUT2D eigenvalue weighted by molar-refractivity contribution is -0.115. The minimum absolute atomic E-state index is 0.0426. The summed E-state index contributed by atoms with van der Waals surface area (Å²) < 4.78 is 1.90. The van der Waals surface area contributed by atoms with Crippen LogP contribution in [0.1, 0.15) is 24.5 Å². The summed E-state index contributed by atoms with van der Waals surface area (Å²) in [5.74, 6) is 0.699. The number of benzene rings is 2.